The minimum Gasteiger partial charge on any atom is -0.494 e. The molecule has 3 aliphatic rings. The van der Waals surface area contributed by atoms with Crippen LogP contribution in [0.1, 0.15) is 220 Å². The van der Waals surface area contributed by atoms with Crippen LogP contribution in [0.4, 0.5) is 0 Å². The Morgan fingerprint density at radius 1 is 0.603 bits per heavy atom. The molecule has 0 spiro atoms. The molecule has 0 saturated heterocycles. The molecule has 340 valence electrons. The van der Waals surface area contributed by atoms with Crippen molar-refractivity contribution in [3.05, 3.63) is 73.3 Å². The standard InChI is InChI=1S/C55H74N2O2S4/c1-9-16-20-34(8)30-54(31-35(13-5)21-17-10-2)38-24-26-60-48(38)50-40(54)28-42(62-50)46-44-45(53(59)56-46)47(57-52(44)58)43-29-41-51(63-43)49-39(25-27-61-49)55(41,32-36(14-6)22-18-11-3)33-37(15-7)23-19-12-4/h24-29,34-37,57-58H,9-23,30-33H2,1-8H3/t34-,35?,36?,37?,54?,55?/m0/s1. The molecular weight excluding hydrogens is 849 g/mol. The van der Waals surface area contributed by atoms with Crippen LogP contribution >= 0.6 is 45.3 Å². The fraction of sp³-hybridized carbons (Fsp3) is 0.600. The number of aromatic amines is 1. The third kappa shape index (κ3) is 8.48. The van der Waals surface area contributed by atoms with Gasteiger partial charge in [0.2, 0.25) is 0 Å². The van der Waals surface area contributed by atoms with Crippen LogP contribution in [0.5, 0.6) is 5.88 Å². The molecule has 5 atom stereocenters. The van der Waals surface area contributed by atoms with E-state index in [1.54, 1.807) is 11.3 Å². The van der Waals surface area contributed by atoms with Gasteiger partial charge in [-0.25, -0.2) is 4.99 Å². The van der Waals surface area contributed by atoms with Crippen LogP contribution in [0.3, 0.4) is 0 Å². The van der Waals surface area contributed by atoms with Crippen molar-refractivity contribution in [1.29, 1.82) is 0 Å². The van der Waals surface area contributed by atoms with E-state index >= 15 is 0 Å². The summed E-state index contributed by atoms with van der Waals surface area (Å²) in [6.07, 6.45) is 23.3. The van der Waals surface area contributed by atoms with Gasteiger partial charge in [0, 0.05) is 30.3 Å². The Kier molecular flexibility index (Phi) is 14.8. The van der Waals surface area contributed by atoms with E-state index < -0.39 is 0 Å². The smallest absolute Gasteiger partial charge is 0.280 e. The SMILES string of the molecule is CCCCC(CC)CC1(C[C@@H](C)CCCC)c2ccsc2-c2sc(C3=NC(=O)c4c(-c5cc6c(s5)-c5sccc5C6(CC(CC)CCCC)CC(CC)CCCC)[nH]c(O)c43)cc21. The van der Waals surface area contributed by atoms with Gasteiger partial charge in [0.25, 0.3) is 5.91 Å². The minimum atomic E-state index is -0.241. The lowest BCUT2D eigenvalue weighted by Gasteiger charge is -2.37. The summed E-state index contributed by atoms with van der Waals surface area (Å²) in [5.74, 6) is 2.40. The number of fused-ring (bicyclic) bond motifs is 7. The van der Waals surface area contributed by atoms with E-state index in [1.807, 2.05) is 34.0 Å². The summed E-state index contributed by atoms with van der Waals surface area (Å²) in [4.78, 5) is 30.2. The predicted octanol–water partition coefficient (Wildman–Crippen LogP) is 18.2. The molecule has 1 amide bonds. The Bertz CT molecular complexity index is 2360. The van der Waals surface area contributed by atoms with Crippen molar-refractivity contribution in [2.75, 3.05) is 0 Å². The molecular formula is C55H74N2O2S4. The topological polar surface area (TPSA) is 65.5 Å². The van der Waals surface area contributed by atoms with Gasteiger partial charge < -0.3 is 10.1 Å². The summed E-state index contributed by atoms with van der Waals surface area (Å²) in [7, 11) is 0. The number of H-pyrrole nitrogens is 1. The van der Waals surface area contributed by atoms with Gasteiger partial charge in [-0.3, -0.25) is 4.79 Å². The molecule has 6 heterocycles. The molecule has 5 aromatic rings. The summed E-state index contributed by atoms with van der Waals surface area (Å²) >= 11 is 7.37. The quantitative estimate of drug-likeness (QED) is 0.0612. The molecule has 8 heteroatoms. The molecule has 5 aromatic heterocycles. The van der Waals surface area contributed by atoms with Crippen molar-refractivity contribution in [3.8, 4) is 36.0 Å². The molecule has 1 aliphatic heterocycles. The van der Waals surface area contributed by atoms with Crippen molar-refractivity contribution >= 4 is 57.0 Å². The summed E-state index contributed by atoms with van der Waals surface area (Å²) < 4.78 is 0. The normalized spacial score (nSPS) is 20.4. The van der Waals surface area contributed by atoms with Crippen LogP contribution in [0.15, 0.2) is 40.0 Å². The number of nitrogens with one attached hydrogen (secondary N) is 1. The number of aliphatic imine (C=N–C) groups is 1. The first-order valence-electron chi connectivity index (χ1n) is 25.2. The molecule has 0 saturated carbocycles. The van der Waals surface area contributed by atoms with Gasteiger partial charge in [-0.1, -0.05) is 152 Å². The monoisotopic (exact) mass is 922 g/mol. The van der Waals surface area contributed by atoms with Crippen molar-refractivity contribution in [3.63, 3.8) is 0 Å². The maximum absolute atomic E-state index is 14.4. The maximum Gasteiger partial charge on any atom is 0.280 e. The zero-order valence-corrected chi connectivity index (χ0v) is 42.9. The maximum atomic E-state index is 14.4. The van der Waals surface area contributed by atoms with E-state index in [1.165, 1.54) is 151 Å². The molecule has 0 radical (unpaired) electrons. The van der Waals surface area contributed by atoms with Crippen LogP contribution < -0.4 is 0 Å². The van der Waals surface area contributed by atoms with Gasteiger partial charge in [0.05, 0.1) is 32.3 Å². The number of aromatic hydroxyl groups is 1. The van der Waals surface area contributed by atoms with E-state index in [0.717, 1.165) is 28.3 Å². The highest BCUT2D eigenvalue weighted by molar-refractivity contribution is 7.24. The van der Waals surface area contributed by atoms with E-state index in [9.17, 15) is 9.90 Å². The zero-order chi connectivity index (χ0) is 44.5. The van der Waals surface area contributed by atoms with Crippen LogP contribution in [0, 0.1) is 23.7 Å². The number of rotatable bonds is 25. The van der Waals surface area contributed by atoms with Crippen LogP contribution in [-0.4, -0.2) is 21.7 Å². The summed E-state index contributed by atoms with van der Waals surface area (Å²) in [5.41, 5.74) is 8.37. The first kappa shape index (κ1) is 46.7. The molecule has 0 fully saturated rings. The van der Waals surface area contributed by atoms with Gasteiger partial charge in [0.1, 0.15) is 0 Å². The Morgan fingerprint density at radius 3 is 1.56 bits per heavy atom. The average molecular weight is 923 g/mol. The van der Waals surface area contributed by atoms with Crippen LogP contribution in [0.2, 0.25) is 0 Å². The zero-order valence-electron chi connectivity index (χ0n) is 39.6. The second-order valence-electron chi connectivity index (χ2n) is 19.9. The largest absolute Gasteiger partial charge is 0.494 e. The summed E-state index contributed by atoms with van der Waals surface area (Å²) in [6.45, 7) is 18.9. The van der Waals surface area contributed by atoms with Gasteiger partial charge in [-0.2, -0.15) is 0 Å². The number of hydrogen-bond acceptors (Lipinski definition) is 6. The fourth-order valence-corrected chi connectivity index (χ4v) is 17.1. The lowest BCUT2D eigenvalue weighted by molar-refractivity contribution is 0.101. The van der Waals surface area contributed by atoms with Gasteiger partial charge in [-0.05, 0) is 107 Å². The van der Waals surface area contributed by atoms with E-state index in [0.29, 0.717) is 40.5 Å². The number of nitrogens with zero attached hydrogens (tertiary/aromatic N) is 1. The first-order chi connectivity index (χ1) is 30.6. The van der Waals surface area contributed by atoms with E-state index in [4.69, 9.17) is 4.99 Å². The highest BCUT2D eigenvalue weighted by Gasteiger charge is 2.50. The highest BCUT2D eigenvalue weighted by Crippen LogP contribution is 2.63. The van der Waals surface area contributed by atoms with Gasteiger partial charge in [0.15, 0.2) is 5.88 Å². The lowest BCUT2D eigenvalue weighted by Crippen LogP contribution is -2.31. The Morgan fingerprint density at radius 2 is 1.06 bits per heavy atom. The molecule has 2 N–H and O–H groups in total. The second kappa shape index (κ2) is 20.0. The summed E-state index contributed by atoms with van der Waals surface area (Å²) in [6, 6.07) is 9.70. The average Bonchev–Trinajstić information content (AvgIpc) is 4.15. The van der Waals surface area contributed by atoms with Crippen molar-refractivity contribution in [1.82, 2.24) is 4.98 Å². The third-order valence-electron chi connectivity index (χ3n) is 15.7. The number of unbranched alkanes of at least 4 members (excludes halogenated alkanes) is 4. The molecule has 63 heavy (non-hydrogen) atoms. The van der Waals surface area contributed by atoms with E-state index in [2.05, 4.69) is 95.4 Å². The third-order valence-corrected chi connectivity index (χ3v) is 20.1. The van der Waals surface area contributed by atoms with E-state index in [-0.39, 0.29) is 22.6 Å². The number of hydrogen-bond donors (Lipinski definition) is 2. The van der Waals surface area contributed by atoms with Gasteiger partial charge >= 0.3 is 0 Å². The van der Waals surface area contributed by atoms with Crippen LogP contribution in [0.25, 0.3) is 30.1 Å². The molecule has 4 nitrogen and oxygen atoms in total. The number of thiophene rings is 4. The Labute approximate surface area is 395 Å². The molecule has 0 aromatic carbocycles. The molecule has 2 aliphatic carbocycles. The second-order valence-corrected chi connectivity index (χ2v) is 23.8. The van der Waals surface area contributed by atoms with Crippen LogP contribution in [-0.2, 0) is 10.8 Å². The number of carbonyl (C=O) groups is 1. The fourth-order valence-electron chi connectivity index (χ4n) is 12.2. The number of carbonyl (C=O) groups excluding carboxylic acids is 1. The van der Waals surface area contributed by atoms with Crippen molar-refractivity contribution in [2.45, 2.75) is 188 Å². The lowest BCUT2D eigenvalue weighted by atomic mass is 9.66. The molecule has 4 unspecified atom stereocenters. The number of amides is 1. The van der Waals surface area contributed by atoms with Gasteiger partial charge in [-0.15, -0.1) is 45.3 Å². The number of aromatic nitrogens is 1. The Hall–Kier alpha value is -2.78. The molecule has 8 rings (SSSR count). The summed E-state index contributed by atoms with van der Waals surface area (Å²) in [5, 5.41) is 16.6. The van der Waals surface area contributed by atoms with Crippen molar-refractivity contribution in [2.24, 2.45) is 28.7 Å². The van der Waals surface area contributed by atoms with Crippen molar-refractivity contribution < 1.29 is 9.90 Å². The Balaban J connectivity index is 1.20. The minimum absolute atomic E-state index is 0.0439. The highest BCUT2D eigenvalue weighted by atomic mass is 32.1. The predicted molar refractivity (Wildman–Crippen MR) is 275 cm³/mol. The molecule has 0 bridgehead atoms. The first-order valence-corrected chi connectivity index (χ1v) is 28.5.